The van der Waals surface area contributed by atoms with Crippen LogP contribution in [0.3, 0.4) is 0 Å². The van der Waals surface area contributed by atoms with Crippen molar-refractivity contribution in [1.82, 2.24) is 10.6 Å². The first kappa shape index (κ1) is 15.7. The third kappa shape index (κ3) is 4.72. The van der Waals surface area contributed by atoms with Crippen LogP contribution in [0.2, 0.25) is 0 Å². The molecule has 0 fully saturated rings. The van der Waals surface area contributed by atoms with Gasteiger partial charge in [-0.1, -0.05) is 6.07 Å². The molecule has 1 rings (SSSR count). The van der Waals surface area contributed by atoms with Crippen molar-refractivity contribution in [2.75, 3.05) is 13.2 Å². The van der Waals surface area contributed by atoms with Crippen molar-refractivity contribution < 1.29 is 19.1 Å². The van der Waals surface area contributed by atoms with E-state index in [9.17, 15) is 14.4 Å². The van der Waals surface area contributed by atoms with Crippen LogP contribution < -0.4 is 10.6 Å². The molecule has 0 aliphatic carbocycles. The molecule has 0 saturated carbocycles. The van der Waals surface area contributed by atoms with Gasteiger partial charge in [0.15, 0.2) is 6.61 Å². The summed E-state index contributed by atoms with van der Waals surface area (Å²) in [6.07, 6.45) is 0. The molecular formula is C14H18N2O4. The molecule has 6 heteroatoms. The third-order valence-corrected chi connectivity index (χ3v) is 2.67. The van der Waals surface area contributed by atoms with Crippen molar-refractivity contribution in [1.29, 1.82) is 0 Å². The standard InChI is InChI=1S/C14H18N2O4/c1-4-15-14(19)16-12(17)8-20-13(18)11-6-5-9(2)10(3)7-11/h5-7H,4,8H2,1-3H3,(H2,15,16,17,19). The second-order valence-corrected chi connectivity index (χ2v) is 4.28. The predicted octanol–water partition coefficient (Wildman–Crippen LogP) is 1.31. The highest BCUT2D eigenvalue weighted by atomic mass is 16.5. The number of carbonyl (C=O) groups is 3. The van der Waals surface area contributed by atoms with Crippen LogP contribution in [-0.4, -0.2) is 31.1 Å². The van der Waals surface area contributed by atoms with E-state index in [1.54, 1.807) is 25.1 Å². The topological polar surface area (TPSA) is 84.5 Å². The highest BCUT2D eigenvalue weighted by molar-refractivity contribution is 5.97. The Kier molecular flexibility index (Phi) is 5.71. The molecule has 0 unspecified atom stereocenters. The minimum atomic E-state index is -0.673. The Hall–Kier alpha value is -2.37. The fraction of sp³-hybridized carbons (Fsp3) is 0.357. The van der Waals surface area contributed by atoms with Crippen molar-refractivity contribution in [2.45, 2.75) is 20.8 Å². The highest BCUT2D eigenvalue weighted by Crippen LogP contribution is 2.10. The Morgan fingerprint density at radius 3 is 2.45 bits per heavy atom. The number of hydrogen-bond donors (Lipinski definition) is 2. The number of imide groups is 1. The van der Waals surface area contributed by atoms with Crippen LogP contribution in [0.15, 0.2) is 18.2 Å². The smallest absolute Gasteiger partial charge is 0.338 e. The number of nitrogens with one attached hydrogen (secondary N) is 2. The van der Waals surface area contributed by atoms with Gasteiger partial charge < -0.3 is 10.1 Å². The maximum absolute atomic E-state index is 11.7. The van der Waals surface area contributed by atoms with Crippen molar-refractivity contribution in [3.63, 3.8) is 0 Å². The van der Waals surface area contributed by atoms with Crippen molar-refractivity contribution in [2.24, 2.45) is 0 Å². The summed E-state index contributed by atoms with van der Waals surface area (Å²) in [5, 5.41) is 4.44. The van der Waals surface area contributed by atoms with Gasteiger partial charge in [-0.05, 0) is 44.0 Å². The Labute approximate surface area is 117 Å². The normalized spacial score (nSPS) is 9.75. The first-order chi connectivity index (χ1) is 9.43. The summed E-state index contributed by atoms with van der Waals surface area (Å²) in [5.74, 6) is -1.27. The van der Waals surface area contributed by atoms with Crippen LogP contribution in [0.4, 0.5) is 4.79 Å². The number of carbonyl (C=O) groups excluding carboxylic acids is 3. The van der Waals surface area contributed by atoms with Crippen LogP contribution in [0, 0.1) is 13.8 Å². The van der Waals surface area contributed by atoms with E-state index in [-0.39, 0.29) is 0 Å². The van der Waals surface area contributed by atoms with Gasteiger partial charge in [-0.15, -0.1) is 0 Å². The summed E-state index contributed by atoms with van der Waals surface area (Å²) >= 11 is 0. The van der Waals surface area contributed by atoms with E-state index >= 15 is 0 Å². The Bertz CT molecular complexity index is 526. The number of ether oxygens (including phenoxy) is 1. The van der Waals surface area contributed by atoms with Crippen LogP contribution in [-0.2, 0) is 9.53 Å². The highest BCUT2D eigenvalue weighted by Gasteiger charge is 2.12. The number of esters is 1. The zero-order valence-electron chi connectivity index (χ0n) is 11.8. The molecule has 0 aliphatic heterocycles. The molecule has 1 aromatic rings. The van der Waals surface area contributed by atoms with Gasteiger partial charge in [-0.3, -0.25) is 10.1 Å². The van der Waals surface area contributed by atoms with Gasteiger partial charge in [0, 0.05) is 6.54 Å². The number of urea groups is 1. The van der Waals surface area contributed by atoms with Crippen LogP contribution in [0.5, 0.6) is 0 Å². The molecule has 0 aliphatic rings. The zero-order chi connectivity index (χ0) is 15.1. The van der Waals surface area contributed by atoms with E-state index in [4.69, 9.17) is 4.74 Å². The number of rotatable bonds is 4. The molecule has 1 aromatic carbocycles. The van der Waals surface area contributed by atoms with Crippen molar-refractivity contribution in [3.8, 4) is 0 Å². The van der Waals surface area contributed by atoms with Gasteiger partial charge in [0.2, 0.25) is 0 Å². The Morgan fingerprint density at radius 2 is 1.85 bits per heavy atom. The molecular weight excluding hydrogens is 260 g/mol. The average molecular weight is 278 g/mol. The predicted molar refractivity (Wildman–Crippen MR) is 73.4 cm³/mol. The lowest BCUT2D eigenvalue weighted by Crippen LogP contribution is -2.41. The molecule has 0 heterocycles. The molecule has 0 spiro atoms. The summed E-state index contributed by atoms with van der Waals surface area (Å²) in [7, 11) is 0. The molecule has 3 amide bonds. The Morgan fingerprint density at radius 1 is 1.15 bits per heavy atom. The summed E-state index contributed by atoms with van der Waals surface area (Å²) in [5.41, 5.74) is 2.40. The fourth-order valence-electron chi connectivity index (χ4n) is 1.45. The largest absolute Gasteiger partial charge is 0.452 e. The molecule has 20 heavy (non-hydrogen) atoms. The third-order valence-electron chi connectivity index (χ3n) is 2.67. The van der Waals surface area contributed by atoms with E-state index in [0.717, 1.165) is 11.1 Å². The van der Waals surface area contributed by atoms with Gasteiger partial charge in [-0.25, -0.2) is 9.59 Å². The molecule has 108 valence electrons. The molecule has 2 N–H and O–H groups in total. The fourth-order valence-corrected chi connectivity index (χ4v) is 1.45. The van der Waals surface area contributed by atoms with Crippen molar-refractivity contribution >= 4 is 17.9 Å². The van der Waals surface area contributed by atoms with E-state index in [2.05, 4.69) is 5.32 Å². The lowest BCUT2D eigenvalue weighted by Gasteiger charge is -2.07. The maximum atomic E-state index is 11.7. The van der Waals surface area contributed by atoms with E-state index in [1.807, 2.05) is 19.2 Å². The quantitative estimate of drug-likeness (QED) is 0.813. The minimum absolute atomic E-state index is 0.374. The molecule has 0 radical (unpaired) electrons. The molecule has 0 atom stereocenters. The second-order valence-electron chi connectivity index (χ2n) is 4.28. The molecule has 6 nitrogen and oxygen atoms in total. The second kappa shape index (κ2) is 7.28. The summed E-state index contributed by atoms with van der Waals surface area (Å²) in [6, 6.07) is 4.52. The SMILES string of the molecule is CCNC(=O)NC(=O)COC(=O)c1ccc(C)c(C)c1. The number of amides is 3. The van der Waals surface area contributed by atoms with E-state index in [1.165, 1.54) is 0 Å². The lowest BCUT2D eigenvalue weighted by molar-refractivity contribution is -0.123. The Balaban J connectivity index is 2.48. The molecule has 0 aromatic heterocycles. The summed E-state index contributed by atoms with van der Waals surface area (Å²) in [6.45, 7) is 5.45. The van der Waals surface area contributed by atoms with E-state index in [0.29, 0.717) is 12.1 Å². The first-order valence-electron chi connectivity index (χ1n) is 6.26. The van der Waals surface area contributed by atoms with Gasteiger partial charge in [0.1, 0.15) is 0 Å². The van der Waals surface area contributed by atoms with Gasteiger partial charge in [0.05, 0.1) is 5.56 Å². The molecule has 0 saturated heterocycles. The minimum Gasteiger partial charge on any atom is -0.452 e. The van der Waals surface area contributed by atoms with Gasteiger partial charge in [0.25, 0.3) is 5.91 Å². The van der Waals surface area contributed by atoms with Crippen LogP contribution in [0.1, 0.15) is 28.4 Å². The average Bonchev–Trinajstić information content (AvgIpc) is 2.39. The van der Waals surface area contributed by atoms with Crippen LogP contribution in [0.25, 0.3) is 0 Å². The zero-order valence-corrected chi connectivity index (χ0v) is 11.8. The van der Waals surface area contributed by atoms with E-state index < -0.39 is 24.5 Å². The maximum Gasteiger partial charge on any atom is 0.338 e. The summed E-state index contributed by atoms with van der Waals surface area (Å²) in [4.78, 5) is 34.1. The number of benzene rings is 1. The van der Waals surface area contributed by atoms with Gasteiger partial charge >= 0.3 is 12.0 Å². The number of hydrogen-bond acceptors (Lipinski definition) is 4. The van der Waals surface area contributed by atoms with Crippen LogP contribution >= 0.6 is 0 Å². The number of aryl methyl sites for hydroxylation is 2. The van der Waals surface area contributed by atoms with Crippen molar-refractivity contribution in [3.05, 3.63) is 34.9 Å². The lowest BCUT2D eigenvalue weighted by atomic mass is 10.1. The van der Waals surface area contributed by atoms with Gasteiger partial charge in [-0.2, -0.15) is 0 Å². The monoisotopic (exact) mass is 278 g/mol. The molecule has 0 bridgehead atoms. The summed E-state index contributed by atoms with van der Waals surface area (Å²) < 4.78 is 4.83. The first-order valence-corrected chi connectivity index (χ1v) is 6.26.